The quantitative estimate of drug-likeness (QED) is 0.437. The third-order valence-corrected chi connectivity index (χ3v) is 2.91. The molecule has 2 heterocycles. The number of terminal acetylenes is 1. The first-order chi connectivity index (χ1) is 8.99. The van der Waals surface area contributed by atoms with Gasteiger partial charge >= 0.3 is 5.69 Å². The molecule has 0 unspecified atom stereocenters. The van der Waals surface area contributed by atoms with Gasteiger partial charge in [0.2, 0.25) is 0 Å². The summed E-state index contributed by atoms with van der Waals surface area (Å²) in [6.07, 6.45) is 3.36. The Kier molecular flexibility index (Phi) is 3.40. The van der Waals surface area contributed by atoms with E-state index in [0.717, 1.165) is 10.8 Å². The van der Waals surface area contributed by atoms with Crippen molar-refractivity contribution in [2.45, 2.75) is 18.4 Å². The zero-order valence-corrected chi connectivity index (χ0v) is 9.87. The highest BCUT2D eigenvalue weighted by atomic mass is 16.5. The van der Waals surface area contributed by atoms with Crippen LogP contribution < -0.4 is 11.2 Å². The third-order valence-electron chi connectivity index (χ3n) is 2.91. The van der Waals surface area contributed by atoms with Crippen molar-refractivity contribution in [1.82, 2.24) is 9.55 Å². The maximum absolute atomic E-state index is 11.7. The molecule has 1 fully saturated rings. The van der Waals surface area contributed by atoms with E-state index in [1.807, 2.05) is 4.98 Å². The van der Waals surface area contributed by atoms with E-state index < -0.39 is 36.3 Å². The first-order valence-corrected chi connectivity index (χ1v) is 5.44. The molecule has 0 saturated carbocycles. The van der Waals surface area contributed by atoms with Gasteiger partial charge in [-0.15, -0.1) is 6.42 Å². The summed E-state index contributed by atoms with van der Waals surface area (Å²) in [6, 6.07) is 0. The number of nitrogens with one attached hydrogen (secondary N) is 1. The van der Waals surface area contributed by atoms with E-state index >= 15 is 0 Å². The van der Waals surface area contributed by atoms with Crippen LogP contribution in [0, 0.1) is 12.3 Å². The van der Waals surface area contributed by atoms with Crippen LogP contribution in [-0.2, 0) is 4.74 Å². The Morgan fingerprint density at radius 1 is 1.58 bits per heavy atom. The molecule has 1 saturated heterocycles. The molecule has 0 radical (unpaired) electrons. The largest absolute Gasteiger partial charge is 0.394 e. The summed E-state index contributed by atoms with van der Waals surface area (Å²) < 4.78 is 6.34. The number of nitrogens with zero attached hydrogens (tertiary/aromatic N) is 1. The molecule has 0 spiro atoms. The van der Waals surface area contributed by atoms with Crippen molar-refractivity contribution in [2.24, 2.45) is 0 Å². The average Bonchev–Trinajstić information content (AvgIpc) is 2.67. The number of H-pyrrole nitrogens is 1. The number of aliphatic hydroxyl groups is 2. The van der Waals surface area contributed by atoms with Gasteiger partial charge in [0.1, 0.15) is 17.8 Å². The fourth-order valence-corrected chi connectivity index (χ4v) is 1.86. The van der Waals surface area contributed by atoms with Gasteiger partial charge in [-0.3, -0.25) is 14.3 Å². The van der Waals surface area contributed by atoms with Crippen molar-refractivity contribution < 1.29 is 14.9 Å². The van der Waals surface area contributed by atoms with Crippen molar-refractivity contribution in [1.29, 1.82) is 0 Å². The van der Waals surface area contributed by atoms with Gasteiger partial charge in [-0.05, 0) is 0 Å². The fraction of sp³-hybridized carbons (Fsp3) is 0.333. The Balaban J connectivity index is 2.50. The van der Waals surface area contributed by atoms with Crippen molar-refractivity contribution in [3.8, 4) is 12.3 Å². The molecule has 2 rings (SSSR count). The molecule has 3 atom stereocenters. The summed E-state index contributed by atoms with van der Waals surface area (Å²) in [5, 5.41) is 18.8. The second kappa shape index (κ2) is 4.85. The van der Waals surface area contributed by atoms with Crippen molar-refractivity contribution in [2.75, 3.05) is 6.61 Å². The zero-order valence-electron chi connectivity index (χ0n) is 9.87. The first-order valence-electron chi connectivity index (χ1n) is 5.44. The third kappa shape index (κ3) is 2.13. The Hall–Kier alpha value is -2.14. The van der Waals surface area contributed by atoms with Gasteiger partial charge in [0.05, 0.1) is 6.61 Å². The van der Waals surface area contributed by atoms with E-state index in [-0.39, 0.29) is 11.1 Å². The van der Waals surface area contributed by atoms with Gasteiger partial charge in [0.15, 0.2) is 6.23 Å². The second-order valence-electron chi connectivity index (χ2n) is 4.08. The highest BCUT2D eigenvalue weighted by Gasteiger charge is 2.38. The number of rotatable bonds is 2. The van der Waals surface area contributed by atoms with E-state index in [2.05, 4.69) is 12.5 Å². The van der Waals surface area contributed by atoms with Crippen molar-refractivity contribution in [3.63, 3.8) is 0 Å². The highest BCUT2D eigenvalue weighted by molar-refractivity contribution is 5.27. The summed E-state index contributed by atoms with van der Waals surface area (Å²) in [5.41, 5.74) is -1.25. The number of aliphatic hydroxyl groups excluding tert-OH is 2. The van der Waals surface area contributed by atoms with Crippen molar-refractivity contribution >= 4 is 0 Å². The lowest BCUT2D eigenvalue weighted by atomic mass is 10.1. The molecule has 1 aromatic rings. The molecule has 7 nitrogen and oxygen atoms in total. The van der Waals surface area contributed by atoms with Crippen LogP contribution in [0.15, 0.2) is 27.9 Å². The van der Waals surface area contributed by atoms with E-state index in [9.17, 15) is 14.7 Å². The fourth-order valence-electron chi connectivity index (χ4n) is 1.86. The van der Waals surface area contributed by atoms with Gasteiger partial charge in [0.25, 0.3) is 5.56 Å². The van der Waals surface area contributed by atoms with E-state index in [0.29, 0.717) is 0 Å². The standard InChI is InChI=1S/C12H12N2O5/c1-3-7-4-14(12(18)13-10(7)17)11-6(2)9(16)8(5-15)19-11/h1,4,8-9,11,15-16H,2,5H2,(H,13,17,18)/t8-,9+,11-/m1/s1. The molecule has 1 aliphatic rings. The molecule has 19 heavy (non-hydrogen) atoms. The molecule has 1 aliphatic heterocycles. The van der Waals surface area contributed by atoms with E-state index in [1.165, 1.54) is 0 Å². The molecular formula is C12H12N2O5. The van der Waals surface area contributed by atoms with Crippen LogP contribution in [0.5, 0.6) is 0 Å². The van der Waals surface area contributed by atoms with E-state index in [4.69, 9.17) is 16.3 Å². The minimum atomic E-state index is -1.09. The first kappa shape index (κ1) is 13.3. The lowest BCUT2D eigenvalue weighted by Crippen LogP contribution is -2.34. The molecule has 3 N–H and O–H groups in total. The molecule has 0 aliphatic carbocycles. The van der Waals surface area contributed by atoms with Gasteiger partial charge < -0.3 is 14.9 Å². The summed E-state index contributed by atoms with van der Waals surface area (Å²) in [6.45, 7) is 3.20. The maximum atomic E-state index is 11.7. The number of ether oxygens (including phenoxy) is 1. The van der Waals surface area contributed by atoms with Crippen LogP contribution in [0.25, 0.3) is 0 Å². The van der Waals surface area contributed by atoms with Gasteiger partial charge in [-0.25, -0.2) is 4.79 Å². The van der Waals surface area contributed by atoms with Gasteiger partial charge in [-0.1, -0.05) is 12.5 Å². The molecule has 7 heteroatoms. The predicted molar refractivity (Wildman–Crippen MR) is 65.4 cm³/mol. The molecule has 0 aromatic carbocycles. The predicted octanol–water partition coefficient (Wildman–Crippen LogP) is -1.68. The van der Waals surface area contributed by atoms with Crippen LogP contribution in [0.4, 0.5) is 0 Å². The van der Waals surface area contributed by atoms with Crippen LogP contribution in [0.2, 0.25) is 0 Å². The summed E-state index contributed by atoms with van der Waals surface area (Å²) >= 11 is 0. The summed E-state index contributed by atoms with van der Waals surface area (Å²) in [7, 11) is 0. The lowest BCUT2D eigenvalue weighted by molar-refractivity contribution is -0.0447. The van der Waals surface area contributed by atoms with Crippen LogP contribution in [-0.4, -0.2) is 38.6 Å². The Labute approximate surface area is 107 Å². The number of aromatic amines is 1. The van der Waals surface area contributed by atoms with Crippen LogP contribution in [0.1, 0.15) is 11.8 Å². The van der Waals surface area contributed by atoms with Crippen LogP contribution >= 0.6 is 0 Å². The SMILES string of the molecule is C#Cc1cn([C@@H]2O[C@H](CO)[C@@H](O)C2=C)c(=O)[nH]c1=O. The Bertz CT molecular complexity index is 666. The molecule has 0 bridgehead atoms. The normalized spacial score (nSPS) is 26.4. The van der Waals surface area contributed by atoms with Crippen molar-refractivity contribution in [3.05, 3.63) is 44.8 Å². The zero-order chi connectivity index (χ0) is 14.2. The Morgan fingerprint density at radius 3 is 2.79 bits per heavy atom. The van der Waals surface area contributed by atoms with Crippen LogP contribution in [0.3, 0.4) is 0 Å². The molecule has 0 amide bonds. The number of aromatic nitrogens is 2. The topological polar surface area (TPSA) is 105 Å². The summed E-state index contributed by atoms with van der Waals surface area (Å²) in [4.78, 5) is 25.1. The molecular weight excluding hydrogens is 252 g/mol. The minimum absolute atomic E-state index is 0.0436. The van der Waals surface area contributed by atoms with Gasteiger partial charge in [0, 0.05) is 11.8 Å². The second-order valence-corrected chi connectivity index (χ2v) is 4.08. The van der Waals surface area contributed by atoms with E-state index in [1.54, 1.807) is 0 Å². The smallest absolute Gasteiger partial charge is 0.330 e. The average molecular weight is 264 g/mol. The van der Waals surface area contributed by atoms with Gasteiger partial charge in [-0.2, -0.15) is 0 Å². The Morgan fingerprint density at radius 2 is 2.26 bits per heavy atom. The summed E-state index contributed by atoms with van der Waals surface area (Å²) in [5.74, 6) is 2.14. The maximum Gasteiger partial charge on any atom is 0.330 e. The molecule has 1 aromatic heterocycles. The molecule has 100 valence electrons. The number of hydrogen-bond acceptors (Lipinski definition) is 5. The number of hydrogen-bond donors (Lipinski definition) is 3. The minimum Gasteiger partial charge on any atom is -0.394 e. The highest BCUT2D eigenvalue weighted by Crippen LogP contribution is 2.31. The monoisotopic (exact) mass is 264 g/mol. The lowest BCUT2D eigenvalue weighted by Gasteiger charge is -2.14.